The molecule has 19 heavy (non-hydrogen) atoms. The molecule has 1 aromatic heterocycles. The van der Waals surface area contributed by atoms with Gasteiger partial charge in [0.2, 0.25) is 0 Å². The van der Waals surface area contributed by atoms with Crippen LogP contribution in [-0.4, -0.2) is 21.4 Å². The Labute approximate surface area is 115 Å². The van der Waals surface area contributed by atoms with Gasteiger partial charge in [-0.3, -0.25) is 10.1 Å². The van der Waals surface area contributed by atoms with Crippen molar-refractivity contribution in [3.8, 4) is 0 Å². The molecule has 7 heteroatoms. The first-order chi connectivity index (χ1) is 9.18. The number of imidazole rings is 1. The number of hydrogen-bond donors (Lipinski definition) is 2. The van der Waals surface area contributed by atoms with E-state index in [1.807, 2.05) is 0 Å². The Balaban J connectivity index is 1.92. The van der Waals surface area contributed by atoms with Crippen molar-refractivity contribution in [2.75, 3.05) is 11.9 Å². The average molecular weight is 281 g/mol. The van der Waals surface area contributed by atoms with Crippen LogP contribution in [0.4, 0.5) is 11.4 Å². The lowest BCUT2D eigenvalue weighted by Crippen LogP contribution is -2.06. The highest BCUT2D eigenvalue weighted by Gasteiger charge is 2.17. The minimum absolute atomic E-state index is 0.0813. The van der Waals surface area contributed by atoms with E-state index in [-0.39, 0.29) is 10.7 Å². The molecule has 0 aliphatic heterocycles. The summed E-state index contributed by atoms with van der Waals surface area (Å²) in [6.07, 6.45) is 5.07. The predicted octanol–water partition coefficient (Wildman–Crippen LogP) is 3.02. The topological polar surface area (TPSA) is 83.8 Å². The third-order valence-electron chi connectivity index (χ3n) is 2.63. The van der Waals surface area contributed by atoms with Crippen LogP contribution >= 0.6 is 11.6 Å². The third-order valence-corrected chi connectivity index (χ3v) is 2.94. The van der Waals surface area contributed by atoms with Crippen LogP contribution in [0.1, 0.15) is 12.2 Å². The van der Waals surface area contributed by atoms with Gasteiger partial charge >= 0.3 is 5.69 Å². The van der Waals surface area contributed by atoms with Gasteiger partial charge in [0, 0.05) is 25.4 Å². The van der Waals surface area contributed by atoms with Crippen molar-refractivity contribution >= 4 is 23.0 Å². The second-order valence-electron chi connectivity index (χ2n) is 3.96. The molecular weight excluding hydrogens is 268 g/mol. The molecule has 1 heterocycles. The maximum atomic E-state index is 10.9. The van der Waals surface area contributed by atoms with E-state index in [4.69, 9.17) is 11.6 Å². The van der Waals surface area contributed by atoms with E-state index in [0.717, 1.165) is 18.7 Å². The fourth-order valence-electron chi connectivity index (χ4n) is 1.76. The molecule has 0 aliphatic carbocycles. The standard InChI is InChI=1S/C12H13ClN4O2/c13-9-3-1-4-10(12(9)17(18)19)14-6-2-5-11-15-7-8-16-11/h1,3-4,7-8,14H,2,5-6H2,(H,15,16). The lowest BCUT2D eigenvalue weighted by Gasteiger charge is -2.07. The minimum Gasteiger partial charge on any atom is -0.379 e. The predicted molar refractivity (Wildman–Crippen MR) is 73.5 cm³/mol. The van der Waals surface area contributed by atoms with E-state index in [2.05, 4.69) is 15.3 Å². The Morgan fingerprint density at radius 1 is 1.47 bits per heavy atom. The van der Waals surface area contributed by atoms with Gasteiger partial charge in [-0.05, 0) is 18.6 Å². The third kappa shape index (κ3) is 3.45. The molecule has 6 nitrogen and oxygen atoms in total. The van der Waals surface area contributed by atoms with Crippen LogP contribution in [0.5, 0.6) is 0 Å². The number of rotatable bonds is 6. The first-order valence-electron chi connectivity index (χ1n) is 5.83. The summed E-state index contributed by atoms with van der Waals surface area (Å²) in [5.41, 5.74) is 0.360. The molecule has 0 aliphatic rings. The zero-order chi connectivity index (χ0) is 13.7. The van der Waals surface area contributed by atoms with Gasteiger partial charge in [-0.15, -0.1) is 0 Å². The van der Waals surface area contributed by atoms with E-state index < -0.39 is 4.92 Å². The van der Waals surface area contributed by atoms with E-state index in [1.54, 1.807) is 24.5 Å². The van der Waals surface area contributed by atoms with Gasteiger partial charge in [0.25, 0.3) is 0 Å². The Hall–Kier alpha value is -2.08. The van der Waals surface area contributed by atoms with E-state index in [1.165, 1.54) is 6.07 Å². The number of nitro groups is 1. The van der Waals surface area contributed by atoms with E-state index in [0.29, 0.717) is 12.2 Å². The fourth-order valence-corrected chi connectivity index (χ4v) is 2.00. The normalized spacial score (nSPS) is 10.4. The van der Waals surface area contributed by atoms with Crippen LogP contribution in [-0.2, 0) is 6.42 Å². The summed E-state index contributed by atoms with van der Waals surface area (Å²) >= 11 is 5.82. The number of hydrogen-bond acceptors (Lipinski definition) is 4. The minimum atomic E-state index is -0.475. The number of benzene rings is 1. The highest BCUT2D eigenvalue weighted by atomic mass is 35.5. The molecule has 0 unspecified atom stereocenters. The van der Waals surface area contributed by atoms with Gasteiger partial charge in [-0.1, -0.05) is 17.7 Å². The number of nitro benzene ring substituents is 1. The number of nitrogens with zero attached hydrogens (tertiary/aromatic N) is 2. The first kappa shape index (κ1) is 13.4. The number of nitrogens with one attached hydrogen (secondary N) is 2. The van der Waals surface area contributed by atoms with Crippen molar-refractivity contribution in [1.82, 2.24) is 9.97 Å². The van der Waals surface area contributed by atoms with Crippen LogP contribution in [0.15, 0.2) is 30.6 Å². The average Bonchev–Trinajstić information content (AvgIpc) is 2.87. The second-order valence-corrected chi connectivity index (χ2v) is 4.37. The van der Waals surface area contributed by atoms with Crippen molar-refractivity contribution in [3.05, 3.63) is 51.6 Å². The Bertz CT molecular complexity index is 557. The van der Waals surface area contributed by atoms with Crippen LogP contribution in [0.3, 0.4) is 0 Å². The van der Waals surface area contributed by atoms with Gasteiger partial charge < -0.3 is 10.3 Å². The zero-order valence-electron chi connectivity index (χ0n) is 10.1. The van der Waals surface area contributed by atoms with Crippen LogP contribution in [0, 0.1) is 10.1 Å². The summed E-state index contributed by atoms with van der Waals surface area (Å²) < 4.78 is 0. The molecule has 100 valence electrons. The lowest BCUT2D eigenvalue weighted by molar-refractivity contribution is -0.383. The van der Waals surface area contributed by atoms with Crippen LogP contribution in [0.2, 0.25) is 5.02 Å². The van der Waals surface area contributed by atoms with Gasteiger partial charge in [-0.25, -0.2) is 4.98 Å². The molecule has 0 spiro atoms. The molecule has 2 aromatic rings. The summed E-state index contributed by atoms with van der Waals surface area (Å²) in [4.78, 5) is 17.6. The summed E-state index contributed by atoms with van der Waals surface area (Å²) in [7, 11) is 0. The first-order valence-corrected chi connectivity index (χ1v) is 6.21. The molecule has 0 amide bonds. The molecule has 0 saturated carbocycles. The quantitative estimate of drug-likeness (QED) is 0.484. The number of para-hydroxylation sites is 1. The molecule has 0 radical (unpaired) electrons. The number of H-pyrrole nitrogens is 1. The SMILES string of the molecule is O=[N+]([O-])c1c(Cl)cccc1NCCCc1ncc[nH]1. The fraction of sp³-hybridized carbons (Fsp3) is 0.250. The molecule has 0 fully saturated rings. The molecule has 0 atom stereocenters. The number of halogens is 1. The van der Waals surface area contributed by atoms with Crippen LogP contribution in [0.25, 0.3) is 0 Å². The molecule has 0 bridgehead atoms. The van der Waals surface area contributed by atoms with Crippen molar-refractivity contribution in [3.63, 3.8) is 0 Å². The number of aryl methyl sites for hydroxylation is 1. The number of aromatic nitrogens is 2. The summed E-state index contributed by atoms with van der Waals surface area (Å²) in [5.74, 6) is 0.905. The lowest BCUT2D eigenvalue weighted by atomic mass is 10.2. The smallest absolute Gasteiger partial charge is 0.310 e. The van der Waals surface area contributed by atoms with Gasteiger partial charge in [0.15, 0.2) is 0 Å². The van der Waals surface area contributed by atoms with E-state index in [9.17, 15) is 10.1 Å². The largest absolute Gasteiger partial charge is 0.379 e. The maximum absolute atomic E-state index is 10.9. The van der Waals surface area contributed by atoms with Gasteiger partial charge in [0.05, 0.1) is 4.92 Å². The molecule has 2 rings (SSSR count). The van der Waals surface area contributed by atoms with Crippen molar-refractivity contribution < 1.29 is 4.92 Å². The van der Waals surface area contributed by atoms with Crippen molar-refractivity contribution in [2.45, 2.75) is 12.8 Å². The van der Waals surface area contributed by atoms with Crippen LogP contribution < -0.4 is 5.32 Å². The molecule has 0 saturated heterocycles. The van der Waals surface area contributed by atoms with Crippen molar-refractivity contribution in [1.29, 1.82) is 0 Å². The Morgan fingerprint density at radius 3 is 3.00 bits per heavy atom. The summed E-state index contributed by atoms with van der Waals surface area (Å²) in [5, 5.41) is 14.1. The van der Waals surface area contributed by atoms with E-state index >= 15 is 0 Å². The second kappa shape index (κ2) is 6.19. The molecule has 2 N–H and O–H groups in total. The molecule has 1 aromatic carbocycles. The highest BCUT2D eigenvalue weighted by Crippen LogP contribution is 2.32. The molecular formula is C12H13ClN4O2. The van der Waals surface area contributed by atoms with Gasteiger partial charge in [-0.2, -0.15) is 0 Å². The Morgan fingerprint density at radius 2 is 2.32 bits per heavy atom. The van der Waals surface area contributed by atoms with Gasteiger partial charge in [0.1, 0.15) is 16.5 Å². The highest BCUT2D eigenvalue weighted by molar-refractivity contribution is 6.33. The summed E-state index contributed by atoms with van der Waals surface area (Å²) in [6, 6.07) is 4.84. The summed E-state index contributed by atoms with van der Waals surface area (Å²) in [6.45, 7) is 0.613. The number of anilines is 1. The maximum Gasteiger partial charge on any atom is 0.310 e. The Kier molecular flexibility index (Phi) is 4.35. The van der Waals surface area contributed by atoms with Crippen molar-refractivity contribution in [2.24, 2.45) is 0 Å². The zero-order valence-corrected chi connectivity index (χ0v) is 10.9. The number of aromatic amines is 1. The monoisotopic (exact) mass is 280 g/mol.